The summed E-state index contributed by atoms with van der Waals surface area (Å²) in [6.07, 6.45) is 6.85. The molecule has 1 saturated carbocycles. The van der Waals surface area contributed by atoms with Crippen molar-refractivity contribution in [2.45, 2.75) is 62.9 Å². The van der Waals surface area contributed by atoms with Crippen LogP contribution in [0, 0.1) is 5.41 Å². The van der Waals surface area contributed by atoms with Crippen LogP contribution in [0.3, 0.4) is 0 Å². The third-order valence-electron chi connectivity index (χ3n) is 8.37. The molecule has 2 heterocycles. The Bertz CT molecular complexity index is 1150. The average Bonchev–Trinajstić information content (AvgIpc) is 3.30. The van der Waals surface area contributed by atoms with Crippen molar-refractivity contribution in [3.05, 3.63) is 64.7 Å². The Hall–Kier alpha value is -2.63. The molecule has 6 rings (SSSR count). The van der Waals surface area contributed by atoms with E-state index in [1.165, 1.54) is 5.56 Å². The first-order valence-electron chi connectivity index (χ1n) is 11.9. The maximum atomic E-state index is 13.9. The van der Waals surface area contributed by atoms with Crippen LogP contribution < -0.4 is 9.47 Å². The summed E-state index contributed by atoms with van der Waals surface area (Å²) in [6.45, 7) is 2.05. The smallest absolute Gasteiger partial charge is 0.183 e. The second kappa shape index (κ2) is 7.18. The predicted molar refractivity (Wildman–Crippen MR) is 124 cm³/mol. The van der Waals surface area contributed by atoms with Crippen molar-refractivity contribution in [2.75, 3.05) is 14.2 Å². The number of methoxy groups -OCH3 is 2. The van der Waals surface area contributed by atoms with Crippen molar-refractivity contribution in [2.24, 2.45) is 5.41 Å². The Morgan fingerprint density at radius 3 is 2.45 bits per heavy atom. The lowest BCUT2D eigenvalue weighted by Gasteiger charge is -2.50. The van der Waals surface area contributed by atoms with Crippen molar-refractivity contribution in [1.82, 2.24) is 0 Å². The first kappa shape index (κ1) is 20.9. The third kappa shape index (κ3) is 2.69. The largest absolute Gasteiger partial charge is 0.497 e. The highest BCUT2D eigenvalue weighted by Crippen LogP contribution is 2.67. The number of carbonyl (C=O) groups is 1. The summed E-state index contributed by atoms with van der Waals surface area (Å²) in [7, 11) is 3.35. The second-order valence-electron chi connectivity index (χ2n) is 9.96. The molecule has 0 unspecified atom stereocenters. The molecule has 0 N–H and O–H groups in total. The predicted octanol–water partition coefficient (Wildman–Crippen LogP) is 5.20. The van der Waals surface area contributed by atoms with Gasteiger partial charge in [0.25, 0.3) is 0 Å². The number of aryl methyl sites for hydroxylation is 1. The van der Waals surface area contributed by atoms with E-state index in [1.54, 1.807) is 14.2 Å². The minimum atomic E-state index is -0.895. The Balaban J connectivity index is 1.53. The summed E-state index contributed by atoms with van der Waals surface area (Å²) in [5.41, 5.74) is 2.90. The monoisotopic (exact) mass is 446 g/mol. The normalized spacial score (nSPS) is 35.5. The number of carbonyl (C=O) groups excluding carboxylic acids is 1. The standard InChI is InChI=1S/C28H30O5/c1-26-14-4-5-15-27(26)32-25(24(26)29)28(33-27)20(16-18-6-10-21(30-2)11-7-18)9-8-19-17-22(31-3)12-13-23(19)28/h6-7,10-13,16-17,25H,4-5,8-9,14-15H2,1-3H3/b20-16+/t25-,26+,27-,28-/m0/s1. The number of rotatable bonds is 3. The molecule has 0 radical (unpaired) electrons. The first-order valence-corrected chi connectivity index (χ1v) is 11.9. The van der Waals surface area contributed by atoms with Crippen molar-refractivity contribution in [3.63, 3.8) is 0 Å². The van der Waals surface area contributed by atoms with Gasteiger partial charge in [0.1, 0.15) is 11.5 Å². The number of ether oxygens (including phenoxy) is 4. The van der Waals surface area contributed by atoms with Crippen molar-refractivity contribution >= 4 is 11.9 Å². The molecule has 2 spiro atoms. The molecular formula is C28H30O5. The molecule has 4 aliphatic rings. The maximum absolute atomic E-state index is 13.9. The summed E-state index contributed by atoms with van der Waals surface area (Å²) in [4.78, 5) is 13.9. The maximum Gasteiger partial charge on any atom is 0.183 e. The molecule has 0 amide bonds. The molecule has 0 aromatic heterocycles. The lowest BCUT2D eigenvalue weighted by Crippen LogP contribution is -2.59. The quantitative estimate of drug-likeness (QED) is 0.648. The molecule has 5 heteroatoms. The fourth-order valence-corrected chi connectivity index (χ4v) is 6.51. The minimum absolute atomic E-state index is 0.192. The van der Waals surface area contributed by atoms with Gasteiger partial charge >= 0.3 is 0 Å². The van der Waals surface area contributed by atoms with Crippen molar-refractivity contribution < 1.29 is 23.7 Å². The van der Waals surface area contributed by atoms with Gasteiger partial charge in [-0.2, -0.15) is 0 Å². The lowest BCUT2D eigenvalue weighted by molar-refractivity contribution is -0.249. The lowest BCUT2D eigenvalue weighted by atomic mass is 9.61. The van der Waals surface area contributed by atoms with Crippen LogP contribution in [0.1, 0.15) is 55.7 Å². The number of fused-ring (bicyclic) bond motifs is 4. The van der Waals surface area contributed by atoms with Gasteiger partial charge in [-0.3, -0.25) is 4.79 Å². The molecule has 2 aromatic rings. The molecule has 172 valence electrons. The molecule has 33 heavy (non-hydrogen) atoms. The van der Waals surface area contributed by atoms with Gasteiger partial charge in [0, 0.05) is 6.42 Å². The van der Waals surface area contributed by atoms with E-state index in [4.69, 9.17) is 18.9 Å². The first-order chi connectivity index (χ1) is 16.0. The molecule has 2 saturated heterocycles. The fraction of sp³-hybridized carbons (Fsp3) is 0.464. The van der Waals surface area contributed by atoms with Crippen LogP contribution in [0.25, 0.3) is 6.08 Å². The summed E-state index contributed by atoms with van der Waals surface area (Å²) in [5.74, 6) is 0.986. The summed E-state index contributed by atoms with van der Waals surface area (Å²) >= 11 is 0. The number of benzene rings is 2. The van der Waals surface area contributed by atoms with Gasteiger partial charge in [0.2, 0.25) is 0 Å². The van der Waals surface area contributed by atoms with Gasteiger partial charge in [-0.05, 0) is 79.1 Å². The van der Waals surface area contributed by atoms with E-state index < -0.39 is 22.9 Å². The Morgan fingerprint density at radius 2 is 1.70 bits per heavy atom. The zero-order valence-electron chi connectivity index (χ0n) is 19.5. The molecular weight excluding hydrogens is 416 g/mol. The molecule has 4 atom stereocenters. The highest BCUT2D eigenvalue weighted by Gasteiger charge is 2.77. The van der Waals surface area contributed by atoms with Crippen LogP contribution in [0.2, 0.25) is 0 Å². The van der Waals surface area contributed by atoms with Crippen LogP contribution in [0.4, 0.5) is 0 Å². The van der Waals surface area contributed by atoms with Gasteiger partial charge in [0.15, 0.2) is 23.3 Å². The van der Waals surface area contributed by atoms with Gasteiger partial charge in [-0.15, -0.1) is 0 Å². The van der Waals surface area contributed by atoms with Crippen LogP contribution in [-0.4, -0.2) is 31.9 Å². The number of ketones is 1. The topological polar surface area (TPSA) is 54.0 Å². The Kier molecular flexibility index (Phi) is 4.56. The summed E-state index contributed by atoms with van der Waals surface area (Å²) in [5, 5.41) is 0. The van der Waals surface area contributed by atoms with Crippen LogP contribution >= 0.6 is 0 Å². The zero-order valence-corrected chi connectivity index (χ0v) is 19.5. The van der Waals surface area contributed by atoms with Crippen LogP contribution in [0.5, 0.6) is 11.5 Å². The van der Waals surface area contributed by atoms with Gasteiger partial charge in [0.05, 0.1) is 19.6 Å². The second-order valence-corrected chi connectivity index (χ2v) is 9.96. The van der Waals surface area contributed by atoms with Crippen LogP contribution in [0.15, 0.2) is 48.0 Å². The van der Waals surface area contributed by atoms with E-state index in [0.29, 0.717) is 0 Å². The zero-order chi connectivity index (χ0) is 22.8. The highest BCUT2D eigenvalue weighted by molar-refractivity contribution is 5.95. The van der Waals surface area contributed by atoms with Gasteiger partial charge in [-0.1, -0.05) is 30.7 Å². The molecule has 5 nitrogen and oxygen atoms in total. The van der Waals surface area contributed by atoms with Crippen molar-refractivity contribution in [3.8, 4) is 11.5 Å². The Labute approximate surface area is 194 Å². The molecule has 2 aliphatic heterocycles. The fourth-order valence-electron chi connectivity index (χ4n) is 6.51. The van der Waals surface area contributed by atoms with Crippen molar-refractivity contribution in [1.29, 1.82) is 0 Å². The highest BCUT2D eigenvalue weighted by atomic mass is 16.8. The molecule has 2 aromatic carbocycles. The van der Waals surface area contributed by atoms with E-state index in [-0.39, 0.29) is 5.78 Å². The van der Waals surface area contributed by atoms with Crippen LogP contribution in [-0.2, 0) is 26.3 Å². The van der Waals surface area contributed by atoms with Gasteiger partial charge in [-0.25, -0.2) is 0 Å². The molecule has 3 fully saturated rings. The minimum Gasteiger partial charge on any atom is -0.497 e. The Morgan fingerprint density at radius 1 is 0.970 bits per heavy atom. The number of hydrogen-bond acceptors (Lipinski definition) is 5. The summed E-state index contributed by atoms with van der Waals surface area (Å²) < 4.78 is 24.5. The third-order valence-corrected chi connectivity index (χ3v) is 8.37. The summed E-state index contributed by atoms with van der Waals surface area (Å²) in [6, 6.07) is 14.1. The SMILES string of the molecule is COc1ccc(/C=C2\CCc3cc(OC)ccc3[C@@]23O[C@@]24CCCC[C@]2(C)C(=O)[C@@H]3O4)cc1. The van der Waals surface area contributed by atoms with E-state index >= 15 is 0 Å². The van der Waals surface area contributed by atoms with E-state index in [1.807, 2.05) is 37.3 Å². The molecule has 2 aliphatic carbocycles. The number of Topliss-reactive ketones (excluding diaryl/α,β-unsaturated/α-hetero) is 1. The van der Waals surface area contributed by atoms with E-state index in [2.05, 4.69) is 18.2 Å². The van der Waals surface area contributed by atoms with E-state index in [9.17, 15) is 4.79 Å². The van der Waals surface area contributed by atoms with Gasteiger partial charge < -0.3 is 18.9 Å². The van der Waals surface area contributed by atoms with E-state index in [0.717, 1.165) is 66.7 Å². The molecule has 2 bridgehead atoms. The number of hydrogen-bond donors (Lipinski definition) is 0. The average molecular weight is 447 g/mol.